The highest BCUT2D eigenvalue weighted by Gasteiger charge is 2.44. The molecule has 0 aromatic heterocycles. The second kappa shape index (κ2) is 15.0. The Bertz CT molecular complexity index is 3470. The van der Waals surface area contributed by atoms with Crippen molar-refractivity contribution < 1.29 is 0 Å². The van der Waals surface area contributed by atoms with Crippen molar-refractivity contribution in [3.63, 3.8) is 0 Å². The van der Waals surface area contributed by atoms with E-state index in [1.807, 2.05) is 0 Å². The van der Waals surface area contributed by atoms with Gasteiger partial charge in [-0.1, -0.05) is 222 Å². The maximum atomic E-state index is 2.49. The summed E-state index contributed by atoms with van der Waals surface area (Å²) < 4.78 is 0. The number of anilines is 3. The van der Waals surface area contributed by atoms with Crippen LogP contribution in [0.1, 0.15) is 72.2 Å². The quantitative estimate of drug-likeness (QED) is 0.161. The van der Waals surface area contributed by atoms with Crippen molar-refractivity contribution >= 4 is 17.1 Å². The average molecular weight is 870 g/mol. The van der Waals surface area contributed by atoms with Crippen LogP contribution in [0.5, 0.6) is 0 Å². The Morgan fingerprint density at radius 3 is 1.13 bits per heavy atom. The van der Waals surface area contributed by atoms with E-state index in [-0.39, 0.29) is 10.8 Å². The van der Waals surface area contributed by atoms with E-state index >= 15 is 0 Å². The van der Waals surface area contributed by atoms with E-state index in [0.717, 1.165) is 17.1 Å². The molecular formula is C67H51N. The third kappa shape index (κ3) is 5.75. The Kier molecular flexibility index (Phi) is 8.89. The fourth-order valence-corrected chi connectivity index (χ4v) is 12.5. The van der Waals surface area contributed by atoms with E-state index in [1.54, 1.807) is 0 Å². The zero-order valence-corrected chi connectivity index (χ0v) is 39.0. The number of nitrogens with zero attached hydrogens (tertiary/aromatic N) is 1. The van der Waals surface area contributed by atoms with Gasteiger partial charge in [-0.05, 0) is 143 Å². The van der Waals surface area contributed by atoms with Crippen LogP contribution in [-0.2, 0) is 16.2 Å². The molecule has 0 fully saturated rings. The first kappa shape index (κ1) is 40.3. The van der Waals surface area contributed by atoms with Crippen molar-refractivity contribution in [1.29, 1.82) is 0 Å². The molecule has 0 radical (unpaired) electrons. The van der Waals surface area contributed by atoms with Gasteiger partial charge in [-0.15, -0.1) is 0 Å². The molecule has 10 aromatic rings. The molecule has 1 heteroatoms. The lowest BCUT2D eigenvalue weighted by atomic mass is 9.63. The van der Waals surface area contributed by atoms with Crippen LogP contribution in [0.3, 0.4) is 0 Å². The summed E-state index contributed by atoms with van der Waals surface area (Å²) in [5, 5.41) is 0. The Balaban J connectivity index is 1.01. The normalized spacial score (nSPS) is 14.8. The number of hydrogen-bond acceptors (Lipinski definition) is 1. The van der Waals surface area contributed by atoms with Crippen LogP contribution in [0.15, 0.2) is 237 Å². The molecular weight excluding hydrogens is 819 g/mol. The minimum absolute atomic E-state index is 0.136. The topological polar surface area (TPSA) is 3.24 Å². The fraction of sp³-hybridized carbons (Fsp3) is 0.104. The van der Waals surface area contributed by atoms with E-state index in [1.165, 1.54) is 100 Å². The zero-order valence-electron chi connectivity index (χ0n) is 39.0. The highest BCUT2D eigenvalue weighted by molar-refractivity contribution is 5.94. The van der Waals surface area contributed by atoms with Crippen molar-refractivity contribution in [2.24, 2.45) is 0 Å². The lowest BCUT2D eigenvalue weighted by Crippen LogP contribution is -2.31. The van der Waals surface area contributed by atoms with Crippen LogP contribution >= 0.6 is 0 Å². The van der Waals surface area contributed by atoms with Crippen molar-refractivity contribution in [3.8, 4) is 55.6 Å². The molecule has 0 bridgehead atoms. The number of rotatable bonds is 6. The Hall–Kier alpha value is -8.00. The summed E-state index contributed by atoms with van der Waals surface area (Å²) in [5.41, 5.74) is 25.7. The van der Waals surface area contributed by atoms with E-state index in [0.29, 0.717) is 0 Å². The SMILES string of the molecule is CC1(C)c2ccccc2-c2ccc(N(c3cccc(-c4cccc(C5(c6ccccc6)c6ccccc6-c6ccccc6-c6ccccc65)c4)c3)c3ccc4c(c3)C(C)(C)c3ccccc3-4)cc21. The average Bonchev–Trinajstić information content (AvgIpc) is 3.71. The molecule has 0 saturated carbocycles. The molecule has 0 amide bonds. The fourth-order valence-electron chi connectivity index (χ4n) is 12.5. The molecule has 10 aromatic carbocycles. The van der Waals surface area contributed by atoms with Crippen LogP contribution in [0, 0.1) is 0 Å². The predicted octanol–water partition coefficient (Wildman–Crippen LogP) is 17.5. The third-order valence-corrected chi connectivity index (χ3v) is 15.8. The number of fused-ring (bicyclic) bond motifs is 11. The van der Waals surface area contributed by atoms with Gasteiger partial charge in [-0.25, -0.2) is 0 Å². The Morgan fingerprint density at radius 1 is 0.250 bits per heavy atom. The van der Waals surface area contributed by atoms with Gasteiger partial charge in [0.15, 0.2) is 0 Å². The second-order valence-electron chi connectivity index (χ2n) is 20.0. The molecule has 324 valence electrons. The van der Waals surface area contributed by atoms with Crippen molar-refractivity contribution in [2.75, 3.05) is 4.90 Å². The predicted molar refractivity (Wildman–Crippen MR) is 284 cm³/mol. The first-order chi connectivity index (χ1) is 33.2. The van der Waals surface area contributed by atoms with Gasteiger partial charge in [0, 0.05) is 27.9 Å². The van der Waals surface area contributed by atoms with Crippen LogP contribution in [0.2, 0.25) is 0 Å². The molecule has 0 unspecified atom stereocenters. The highest BCUT2D eigenvalue weighted by atomic mass is 15.1. The Labute approximate surface area is 400 Å². The van der Waals surface area contributed by atoms with Crippen molar-refractivity contribution in [3.05, 3.63) is 281 Å². The van der Waals surface area contributed by atoms with E-state index in [9.17, 15) is 0 Å². The second-order valence-corrected chi connectivity index (χ2v) is 20.0. The minimum atomic E-state index is -0.614. The molecule has 1 nitrogen and oxygen atoms in total. The number of benzene rings is 10. The molecule has 68 heavy (non-hydrogen) atoms. The summed E-state index contributed by atoms with van der Waals surface area (Å²) in [7, 11) is 0. The molecule has 13 rings (SSSR count). The van der Waals surface area contributed by atoms with Crippen LogP contribution < -0.4 is 4.90 Å². The maximum Gasteiger partial charge on any atom is 0.0713 e. The lowest BCUT2D eigenvalue weighted by Gasteiger charge is -2.38. The summed E-state index contributed by atoms with van der Waals surface area (Å²) in [6.07, 6.45) is 0. The molecule has 0 heterocycles. The summed E-state index contributed by atoms with van der Waals surface area (Å²) in [6.45, 7) is 9.50. The molecule has 0 aliphatic heterocycles. The van der Waals surface area contributed by atoms with Crippen molar-refractivity contribution in [2.45, 2.75) is 43.9 Å². The van der Waals surface area contributed by atoms with Crippen LogP contribution in [0.25, 0.3) is 55.6 Å². The minimum Gasteiger partial charge on any atom is -0.310 e. The van der Waals surface area contributed by atoms with E-state index in [4.69, 9.17) is 0 Å². The first-order valence-corrected chi connectivity index (χ1v) is 24.1. The van der Waals surface area contributed by atoms with Gasteiger partial charge in [0.25, 0.3) is 0 Å². The molecule has 3 aliphatic rings. The van der Waals surface area contributed by atoms with Crippen LogP contribution in [0.4, 0.5) is 17.1 Å². The summed E-state index contributed by atoms with van der Waals surface area (Å²) >= 11 is 0. The van der Waals surface area contributed by atoms with Gasteiger partial charge >= 0.3 is 0 Å². The summed E-state index contributed by atoms with van der Waals surface area (Å²) in [4.78, 5) is 2.49. The van der Waals surface area contributed by atoms with E-state index in [2.05, 4.69) is 269 Å². The standard InChI is InChI=1S/C67H51N/c1-65(2)59-32-14-10-30-55(59)57-38-36-49(42-63(57)65)68(50-37-39-58-56-31-11-15-33-60(56)66(3,4)64(58)43-50)48-25-19-21-45(41-48)44-20-18-24-47(40-44)67(46-22-6-5-7-23-46)61-34-16-12-28-53(61)51-26-8-9-27-52(51)54-29-13-17-35-62(54)67/h5-43H,1-4H3. The third-order valence-electron chi connectivity index (χ3n) is 15.8. The van der Waals surface area contributed by atoms with E-state index < -0.39 is 5.41 Å². The molecule has 0 saturated heterocycles. The maximum absolute atomic E-state index is 2.49. The van der Waals surface area contributed by atoms with Gasteiger partial charge < -0.3 is 4.90 Å². The summed E-state index contributed by atoms with van der Waals surface area (Å²) in [6, 6.07) is 89.0. The van der Waals surface area contributed by atoms with Crippen molar-refractivity contribution in [1.82, 2.24) is 0 Å². The molecule has 3 aliphatic carbocycles. The largest absolute Gasteiger partial charge is 0.310 e. The molecule has 0 spiro atoms. The monoisotopic (exact) mass is 869 g/mol. The smallest absolute Gasteiger partial charge is 0.0713 e. The first-order valence-electron chi connectivity index (χ1n) is 24.1. The Morgan fingerprint density at radius 2 is 0.618 bits per heavy atom. The van der Waals surface area contributed by atoms with Gasteiger partial charge in [-0.2, -0.15) is 0 Å². The zero-order chi connectivity index (χ0) is 45.8. The van der Waals surface area contributed by atoms with Gasteiger partial charge in [-0.3, -0.25) is 0 Å². The number of hydrogen-bond donors (Lipinski definition) is 0. The van der Waals surface area contributed by atoms with Gasteiger partial charge in [0.05, 0.1) is 5.41 Å². The van der Waals surface area contributed by atoms with Gasteiger partial charge in [0.2, 0.25) is 0 Å². The van der Waals surface area contributed by atoms with Crippen LogP contribution in [-0.4, -0.2) is 0 Å². The molecule has 0 atom stereocenters. The lowest BCUT2D eigenvalue weighted by molar-refractivity contribution is 0.660. The van der Waals surface area contributed by atoms with Gasteiger partial charge in [0.1, 0.15) is 0 Å². The highest BCUT2D eigenvalue weighted by Crippen LogP contribution is 2.56. The summed E-state index contributed by atoms with van der Waals surface area (Å²) in [5.74, 6) is 0. The molecule has 0 N–H and O–H groups in total.